The van der Waals surface area contributed by atoms with Crippen molar-refractivity contribution in [2.24, 2.45) is 0 Å². The van der Waals surface area contributed by atoms with Crippen LogP contribution in [0, 0.1) is 27.7 Å². The maximum absolute atomic E-state index is 2.48. The average molecular weight is 684 g/mol. The highest BCUT2D eigenvalue weighted by Gasteiger charge is 2.36. The van der Waals surface area contributed by atoms with Crippen LogP contribution < -0.4 is 21.3 Å². The summed E-state index contributed by atoms with van der Waals surface area (Å²) in [6.45, 7) is 13.5. The van der Waals surface area contributed by atoms with Crippen molar-refractivity contribution in [2.75, 3.05) is 4.90 Å². The SMILES string of the molecule is Cc1ccc(B(c2ccc(C)cc2)c2ccc3c(c2)C(C)(C)c2cc(/C=C/c4ccc(N(c5ccc(C)cc5)c5ccc(C)cc5)cc4)ccc2-3)cc1. The van der Waals surface area contributed by atoms with Gasteiger partial charge in [-0.15, -0.1) is 0 Å². The van der Waals surface area contributed by atoms with Crippen molar-refractivity contribution in [3.63, 3.8) is 0 Å². The molecule has 1 aliphatic carbocycles. The van der Waals surface area contributed by atoms with Gasteiger partial charge in [0.25, 0.3) is 0 Å². The molecule has 0 amide bonds. The average Bonchev–Trinajstić information content (AvgIpc) is 3.39. The molecule has 258 valence electrons. The van der Waals surface area contributed by atoms with E-state index in [9.17, 15) is 0 Å². The molecule has 0 atom stereocenters. The lowest BCUT2D eigenvalue weighted by Gasteiger charge is -2.26. The van der Waals surface area contributed by atoms with Gasteiger partial charge >= 0.3 is 0 Å². The topological polar surface area (TPSA) is 3.24 Å². The minimum absolute atomic E-state index is 0.118. The molecule has 0 fully saturated rings. The molecule has 0 bridgehead atoms. The van der Waals surface area contributed by atoms with Crippen molar-refractivity contribution in [1.29, 1.82) is 0 Å². The predicted octanol–water partition coefficient (Wildman–Crippen LogP) is 11.4. The van der Waals surface area contributed by atoms with Crippen LogP contribution in [-0.4, -0.2) is 6.71 Å². The number of anilines is 3. The molecule has 2 heteroatoms. The normalized spacial score (nSPS) is 12.8. The summed E-state index contributed by atoms with van der Waals surface area (Å²) < 4.78 is 0. The van der Waals surface area contributed by atoms with Gasteiger partial charge in [-0.25, -0.2) is 0 Å². The fourth-order valence-electron chi connectivity index (χ4n) is 7.91. The maximum atomic E-state index is 2.48. The molecule has 0 N–H and O–H groups in total. The molecule has 7 aromatic carbocycles. The molecule has 0 heterocycles. The monoisotopic (exact) mass is 683 g/mol. The molecular weight excluding hydrogens is 637 g/mol. The lowest BCUT2D eigenvalue weighted by atomic mass is 9.36. The van der Waals surface area contributed by atoms with Crippen molar-refractivity contribution in [3.05, 3.63) is 202 Å². The maximum Gasteiger partial charge on any atom is 0.241 e. The molecule has 8 rings (SSSR count). The highest BCUT2D eigenvalue weighted by atomic mass is 15.1. The Morgan fingerprint density at radius 1 is 0.396 bits per heavy atom. The molecular formula is C51H46BN. The van der Waals surface area contributed by atoms with E-state index < -0.39 is 0 Å². The summed E-state index contributed by atoms with van der Waals surface area (Å²) >= 11 is 0. The molecule has 0 unspecified atom stereocenters. The van der Waals surface area contributed by atoms with Gasteiger partial charge in [0.15, 0.2) is 0 Å². The van der Waals surface area contributed by atoms with Gasteiger partial charge < -0.3 is 4.90 Å². The van der Waals surface area contributed by atoms with Crippen LogP contribution in [0.5, 0.6) is 0 Å². The van der Waals surface area contributed by atoms with Crippen molar-refractivity contribution >= 4 is 52.3 Å². The van der Waals surface area contributed by atoms with Gasteiger partial charge in [0.05, 0.1) is 0 Å². The van der Waals surface area contributed by atoms with E-state index in [1.807, 2.05) is 0 Å². The summed E-state index contributed by atoms with van der Waals surface area (Å²) in [5.41, 5.74) is 20.2. The van der Waals surface area contributed by atoms with Crippen molar-refractivity contribution < 1.29 is 0 Å². The van der Waals surface area contributed by atoms with Gasteiger partial charge in [0.2, 0.25) is 6.71 Å². The van der Waals surface area contributed by atoms with Crippen LogP contribution in [0.4, 0.5) is 17.1 Å². The third kappa shape index (κ3) is 6.78. The van der Waals surface area contributed by atoms with Crippen LogP contribution in [-0.2, 0) is 5.41 Å². The van der Waals surface area contributed by atoms with E-state index in [1.165, 1.54) is 72.0 Å². The first-order chi connectivity index (χ1) is 25.6. The van der Waals surface area contributed by atoms with Gasteiger partial charge in [-0.2, -0.15) is 0 Å². The van der Waals surface area contributed by atoms with Gasteiger partial charge in [0, 0.05) is 22.5 Å². The van der Waals surface area contributed by atoms with Gasteiger partial charge in [-0.1, -0.05) is 186 Å². The first-order valence-corrected chi connectivity index (χ1v) is 18.8. The van der Waals surface area contributed by atoms with Crippen molar-refractivity contribution in [2.45, 2.75) is 47.0 Å². The molecule has 1 nitrogen and oxygen atoms in total. The van der Waals surface area contributed by atoms with Gasteiger partial charge in [0.1, 0.15) is 0 Å². The van der Waals surface area contributed by atoms with Crippen LogP contribution in [0.25, 0.3) is 23.3 Å². The Labute approximate surface area is 316 Å². The second-order valence-corrected chi connectivity index (χ2v) is 15.4. The Morgan fingerprint density at radius 2 is 0.755 bits per heavy atom. The standard InChI is InChI=1S/C51H46BN/c1-35-7-20-41(21-8-35)52(42-22-9-36(2)10-23-42)43-24-32-48-47-31-19-40(33-49(47)51(5,6)50(48)34-43)16-15-39-17-29-46(30-18-39)53(44-25-11-37(3)12-26-44)45-27-13-38(4)14-28-45/h7-34H,1-6H3/b16-15+. The fraction of sp³-hybridized carbons (Fsp3) is 0.137. The third-order valence-corrected chi connectivity index (χ3v) is 11.1. The molecule has 0 saturated carbocycles. The van der Waals surface area contributed by atoms with E-state index in [0.29, 0.717) is 0 Å². The van der Waals surface area contributed by atoms with Gasteiger partial charge in [-0.3, -0.25) is 0 Å². The first kappa shape index (κ1) is 34.2. The highest BCUT2D eigenvalue weighted by Crippen LogP contribution is 2.48. The molecule has 1 aliphatic rings. The first-order valence-electron chi connectivity index (χ1n) is 18.8. The zero-order valence-corrected chi connectivity index (χ0v) is 31.7. The second-order valence-electron chi connectivity index (χ2n) is 15.4. The van der Waals surface area contributed by atoms with Crippen LogP contribution >= 0.6 is 0 Å². The number of hydrogen-bond acceptors (Lipinski definition) is 1. The van der Waals surface area contributed by atoms with E-state index in [2.05, 4.69) is 216 Å². The number of benzene rings is 7. The minimum atomic E-state index is -0.118. The third-order valence-electron chi connectivity index (χ3n) is 11.1. The zero-order valence-electron chi connectivity index (χ0n) is 31.7. The Balaban J connectivity index is 1.07. The van der Waals surface area contributed by atoms with Crippen LogP contribution in [0.1, 0.15) is 58.4 Å². The minimum Gasteiger partial charge on any atom is -0.311 e. The van der Waals surface area contributed by atoms with Crippen molar-refractivity contribution in [3.8, 4) is 11.1 Å². The summed E-state index contributed by atoms with van der Waals surface area (Å²) in [6.07, 6.45) is 4.48. The summed E-state index contributed by atoms with van der Waals surface area (Å²) in [6, 6.07) is 58.7. The number of hydrogen-bond donors (Lipinski definition) is 0. The lowest BCUT2D eigenvalue weighted by molar-refractivity contribution is 0.660. The van der Waals surface area contributed by atoms with E-state index >= 15 is 0 Å². The number of aryl methyl sites for hydroxylation is 4. The number of fused-ring (bicyclic) bond motifs is 3. The van der Waals surface area contributed by atoms with E-state index in [1.54, 1.807) is 0 Å². The number of rotatable bonds is 8. The lowest BCUT2D eigenvalue weighted by Crippen LogP contribution is -2.52. The van der Waals surface area contributed by atoms with Crippen LogP contribution in [0.2, 0.25) is 0 Å². The summed E-state index contributed by atoms with van der Waals surface area (Å²) in [7, 11) is 0. The Bertz CT molecular complexity index is 2330. The summed E-state index contributed by atoms with van der Waals surface area (Å²) in [5, 5.41) is 0. The van der Waals surface area contributed by atoms with E-state index in [0.717, 1.165) is 17.1 Å². The fourth-order valence-corrected chi connectivity index (χ4v) is 7.91. The van der Waals surface area contributed by atoms with E-state index in [4.69, 9.17) is 0 Å². The van der Waals surface area contributed by atoms with E-state index in [-0.39, 0.29) is 12.1 Å². The quantitative estimate of drug-likeness (QED) is 0.114. The predicted molar refractivity (Wildman–Crippen MR) is 231 cm³/mol. The Hall–Kier alpha value is -5.86. The second kappa shape index (κ2) is 13.9. The van der Waals surface area contributed by atoms with Crippen LogP contribution in [0.3, 0.4) is 0 Å². The molecule has 0 saturated heterocycles. The highest BCUT2D eigenvalue weighted by molar-refractivity contribution is 6.95. The molecule has 0 aliphatic heterocycles. The molecule has 53 heavy (non-hydrogen) atoms. The molecule has 0 spiro atoms. The Morgan fingerprint density at radius 3 is 1.25 bits per heavy atom. The number of nitrogens with zero attached hydrogens (tertiary/aromatic N) is 1. The van der Waals surface area contributed by atoms with Crippen molar-refractivity contribution in [1.82, 2.24) is 0 Å². The van der Waals surface area contributed by atoms with Gasteiger partial charge in [-0.05, 0) is 97.5 Å². The largest absolute Gasteiger partial charge is 0.311 e. The Kier molecular flexibility index (Phi) is 9.00. The van der Waals surface area contributed by atoms with Crippen LogP contribution in [0.15, 0.2) is 158 Å². The molecule has 0 aromatic heterocycles. The molecule has 7 aromatic rings. The summed E-state index contributed by atoms with van der Waals surface area (Å²) in [5.74, 6) is 0. The zero-order chi connectivity index (χ0) is 36.7. The smallest absolute Gasteiger partial charge is 0.241 e. The summed E-state index contributed by atoms with van der Waals surface area (Å²) in [4.78, 5) is 2.32. The molecule has 0 radical (unpaired) electrons.